The first-order chi connectivity index (χ1) is 8.38. The van der Waals surface area contributed by atoms with Crippen molar-refractivity contribution >= 4 is 11.7 Å². The van der Waals surface area contributed by atoms with Gasteiger partial charge in [-0.25, -0.2) is 0 Å². The molecule has 0 aliphatic rings. The van der Waals surface area contributed by atoms with Crippen molar-refractivity contribution in [1.29, 1.82) is 0 Å². The number of hydrogen-bond donors (Lipinski definition) is 1. The molecule has 0 atom stereocenters. The fourth-order valence-electron chi connectivity index (χ4n) is 1.39. The minimum atomic E-state index is 0.409. The highest BCUT2D eigenvalue weighted by molar-refractivity contribution is 5.50. The Bertz CT molecular complexity index is 499. The lowest BCUT2D eigenvalue weighted by Gasteiger charge is -1.98. The minimum Gasteiger partial charge on any atom is -0.408 e. The van der Waals surface area contributed by atoms with E-state index in [4.69, 9.17) is 10.8 Å². The van der Waals surface area contributed by atoms with E-state index in [-0.39, 0.29) is 0 Å². The molecule has 4 heteroatoms. The van der Waals surface area contributed by atoms with Crippen LogP contribution in [0.5, 0.6) is 0 Å². The van der Waals surface area contributed by atoms with Gasteiger partial charge in [0.2, 0.25) is 5.89 Å². The predicted molar refractivity (Wildman–Crippen MR) is 65.8 cm³/mol. The molecule has 1 aromatic heterocycles. The Morgan fingerprint density at radius 3 is 2.82 bits per heavy atom. The zero-order valence-corrected chi connectivity index (χ0v) is 9.39. The zero-order valence-electron chi connectivity index (χ0n) is 9.39. The molecule has 0 bridgehead atoms. The van der Waals surface area contributed by atoms with Crippen LogP contribution in [0.2, 0.25) is 0 Å². The maximum Gasteiger partial charge on any atom is 0.320 e. The van der Waals surface area contributed by atoms with Crippen molar-refractivity contribution in [3.8, 4) is 12.3 Å². The number of unbranched alkanes of at least 4 members (excludes halogenated alkanes) is 1. The van der Waals surface area contributed by atoms with Gasteiger partial charge in [-0.2, -0.15) is 0 Å². The number of para-hydroxylation sites is 1. The van der Waals surface area contributed by atoms with Crippen molar-refractivity contribution in [1.82, 2.24) is 10.2 Å². The van der Waals surface area contributed by atoms with E-state index in [0.29, 0.717) is 18.3 Å². The fraction of sp³-hybridized carbons (Fsp3) is 0.231. The van der Waals surface area contributed by atoms with Gasteiger partial charge in [-0.3, -0.25) is 0 Å². The molecule has 0 aliphatic carbocycles. The summed E-state index contributed by atoms with van der Waals surface area (Å²) in [6, 6.07) is 10.1. The van der Waals surface area contributed by atoms with Gasteiger partial charge in [-0.05, 0) is 18.6 Å². The Morgan fingerprint density at radius 1 is 1.24 bits per heavy atom. The van der Waals surface area contributed by atoms with E-state index >= 15 is 0 Å². The van der Waals surface area contributed by atoms with Crippen molar-refractivity contribution < 1.29 is 4.42 Å². The van der Waals surface area contributed by atoms with E-state index in [1.165, 1.54) is 0 Å². The molecular formula is C13H13N3O. The highest BCUT2D eigenvalue weighted by Gasteiger charge is 2.05. The van der Waals surface area contributed by atoms with Crippen LogP contribution in [0.1, 0.15) is 18.7 Å². The molecule has 4 nitrogen and oxygen atoms in total. The van der Waals surface area contributed by atoms with Crippen molar-refractivity contribution in [3.05, 3.63) is 36.2 Å². The summed E-state index contributed by atoms with van der Waals surface area (Å²) in [5.74, 6) is 3.19. The second kappa shape index (κ2) is 5.71. The normalized spacial score (nSPS) is 9.82. The summed E-state index contributed by atoms with van der Waals surface area (Å²) in [6.45, 7) is 0. The average Bonchev–Trinajstić information content (AvgIpc) is 2.79. The summed E-state index contributed by atoms with van der Waals surface area (Å²) in [5.41, 5.74) is 0.923. The molecule has 1 heterocycles. The first kappa shape index (κ1) is 11.2. The van der Waals surface area contributed by atoms with Gasteiger partial charge in [-0.15, -0.1) is 17.4 Å². The Labute approximate surface area is 100 Å². The largest absolute Gasteiger partial charge is 0.408 e. The van der Waals surface area contributed by atoms with Crippen LogP contribution in [0.3, 0.4) is 0 Å². The lowest BCUT2D eigenvalue weighted by atomic mass is 10.2. The molecule has 0 unspecified atom stereocenters. The van der Waals surface area contributed by atoms with E-state index in [1.807, 2.05) is 30.3 Å². The quantitative estimate of drug-likeness (QED) is 0.630. The van der Waals surface area contributed by atoms with Gasteiger partial charge in [0, 0.05) is 18.5 Å². The van der Waals surface area contributed by atoms with Gasteiger partial charge in [-0.1, -0.05) is 23.3 Å². The summed E-state index contributed by atoms with van der Waals surface area (Å²) >= 11 is 0. The molecule has 2 rings (SSSR count). The minimum absolute atomic E-state index is 0.409. The third-order valence-corrected chi connectivity index (χ3v) is 2.20. The highest BCUT2D eigenvalue weighted by atomic mass is 16.4. The van der Waals surface area contributed by atoms with Gasteiger partial charge >= 0.3 is 6.01 Å². The smallest absolute Gasteiger partial charge is 0.320 e. The van der Waals surface area contributed by atoms with E-state index < -0.39 is 0 Å². The number of aromatic nitrogens is 2. The average molecular weight is 227 g/mol. The number of hydrogen-bond acceptors (Lipinski definition) is 4. The van der Waals surface area contributed by atoms with Crippen LogP contribution in [0, 0.1) is 12.3 Å². The van der Waals surface area contributed by atoms with Crippen LogP contribution in [0.25, 0.3) is 0 Å². The Hall–Kier alpha value is -2.28. The molecule has 0 fully saturated rings. The number of terminal acetylenes is 1. The highest BCUT2D eigenvalue weighted by Crippen LogP contribution is 2.15. The van der Waals surface area contributed by atoms with Crippen molar-refractivity contribution in [2.24, 2.45) is 0 Å². The van der Waals surface area contributed by atoms with Crippen LogP contribution < -0.4 is 5.32 Å². The standard InChI is InChI=1S/C13H13N3O/c1-2-3-5-10-12-15-16-13(17-12)14-11-8-6-4-7-9-11/h1,4,6-9H,3,5,10H2,(H,14,16). The molecule has 0 saturated heterocycles. The fourth-order valence-corrected chi connectivity index (χ4v) is 1.39. The lowest BCUT2D eigenvalue weighted by Crippen LogP contribution is -1.88. The monoisotopic (exact) mass is 227 g/mol. The Balaban J connectivity index is 1.93. The molecule has 0 aliphatic heterocycles. The summed E-state index contributed by atoms with van der Waals surface area (Å²) < 4.78 is 5.43. The molecule has 1 N–H and O–H groups in total. The molecule has 86 valence electrons. The number of rotatable bonds is 5. The first-order valence-corrected chi connectivity index (χ1v) is 5.46. The SMILES string of the molecule is C#CCCCc1nnc(Nc2ccccc2)o1. The molecule has 0 saturated carbocycles. The summed E-state index contributed by atoms with van der Waals surface area (Å²) in [4.78, 5) is 0. The number of nitrogens with zero attached hydrogens (tertiary/aromatic N) is 2. The summed E-state index contributed by atoms with van der Waals surface area (Å²) in [6.07, 6.45) is 7.48. The summed E-state index contributed by atoms with van der Waals surface area (Å²) in [5, 5.41) is 10.9. The molecule has 17 heavy (non-hydrogen) atoms. The Kier molecular flexibility index (Phi) is 3.77. The Morgan fingerprint density at radius 2 is 2.06 bits per heavy atom. The van der Waals surface area contributed by atoms with Crippen molar-refractivity contribution in [3.63, 3.8) is 0 Å². The van der Waals surface area contributed by atoms with Crippen LogP contribution in [-0.2, 0) is 6.42 Å². The lowest BCUT2D eigenvalue weighted by molar-refractivity contribution is 0.501. The third-order valence-electron chi connectivity index (χ3n) is 2.20. The number of nitrogens with one attached hydrogen (secondary N) is 1. The van der Waals surface area contributed by atoms with Crippen molar-refractivity contribution in [2.45, 2.75) is 19.3 Å². The second-order valence-electron chi connectivity index (χ2n) is 3.55. The molecular weight excluding hydrogens is 214 g/mol. The van der Waals surface area contributed by atoms with E-state index in [2.05, 4.69) is 21.4 Å². The van der Waals surface area contributed by atoms with Gasteiger partial charge < -0.3 is 9.73 Å². The second-order valence-corrected chi connectivity index (χ2v) is 3.55. The van der Waals surface area contributed by atoms with Gasteiger partial charge in [0.1, 0.15) is 0 Å². The third kappa shape index (κ3) is 3.35. The van der Waals surface area contributed by atoms with Crippen LogP contribution in [0.4, 0.5) is 11.7 Å². The maximum atomic E-state index is 5.43. The zero-order chi connectivity index (χ0) is 11.9. The number of aryl methyl sites for hydroxylation is 1. The number of benzene rings is 1. The van der Waals surface area contributed by atoms with Crippen molar-refractivity contribution in [2.75, 3.05) is 5.32 Å². The van der Waals surface area contributed by atoms with E-state index in [0.717, 1.165) is 18.5 Å². The van der Waals surface area contributed by atoms with Gasteiger partial charge in [0.25, 0.3) is 0 Å². The van der Waals surface area contributed by atoms with E-state index in [9.17, 15) is 0 Å². The first-order valence-electron chi connectivity index (χ1n) is 5.46. The van der Waals surface area contributed by atoms with Crippen LogP contribution in [-0.4, -0.2) is 10.2 Å². The van der Waals surface area contributed by atoms with Crippen LogP contribution in [0.15, 0.2) is 34.7 Å². The maximum absolute atomic E-state index is 5.43. The molecule has 0 radical (unpaired) electrons. The molecule has 2 aromatic rings. The molecule has 0 amide bonds. The van der Waals surface area contributed by atoms with Gasteiger partial charge in [0.05, 0.1) is 0 Å². The van der Waals surface area contributed by atoms with Crippen LogP contribution >= 0.6 is 0 Å². The molecule has 0 spiro atoms. The topological polar surface area (TPSA) is 51.0 Å². The van der Waals surface area contributed by atoms with E-state index in [1.54, 1.807) is 0 Å². The number of anilines is 2. The summed E-state index contributed by atoms with van der Waals surface area (Å²) in [7, 11) is 0. The predicted octanol–water partition coefficient (Wildman–Crippen LogP) is 2.77. The van der Waals surface area contributed by atoms with Gasteiger partial charge in [0.15, 0.2) is 0 Å². The molecule has 1 aromatic carbocycles.